The van der Waals surface area contributed by atoms with Crippen molar-refractivity contribution >= 4 is 45.5 Å². The number of aromatic nitrogens is 4. The van der Waals surface area contributed by atoms with Crippen molar-refractivity contribution in [2.24, 2.45) is 5.73 Å². The summed E-state index contributed by atoms with van der Waals surface area (Å²) in [6.45, 7) is -0.144. The largest absolute Gasteiger partial charge is 0.477 e. The molecule has 1 fully saturated rings. The lowest BCUT2D eigenvalue weighted by Crippen LogP contribution is -2.68. The number of tetrazole rings is 1. The molecule has 2 unspecified atom stereocenters. The number of nitrogens with two attached hydrogens (primary N) is 1. The van der Waals surface area contributed by atoms with Gasteiger partial charge in [0.15, 0.2) is 0 Å². The highest BCUT2D eigenvalue weighted by molar-refractivity contribution is 8.01. The fourth-order valence-corrected chi connectivity index (χ4v) is 5.22. The lowest BCUT2D eigenvalue weighted by molar-refractivity contribution is -0.147. The van der Waals surface area contributed by atoms with E-state index in [4.69, 9.17) is 10.3 Å². The van der Waals surface area contributed by atoms with Gasteiger partial charge in [0, 0.05) is 11.5 Å². The summed E-state index contributed by atoms with van der Waals surface area (Å²) in [5.41, 5.74) is 6.13. The molecule has 4 N–H and O–H groups in total. The second kappa shape index (κ2) is 7.15. The van der Waals surface area contributed by atoms with E-state index in [1.807, 2.05) is 0 Å². The van der Waals surface area contributed by atoms with Crippen LogP contribution in [0.1, 0.15) is 0 Å². The standard InChI is InChI=1S/C11H14N6O6S3/c12-6-8(18)17-7(10(19)20)5(3-24-9(6)17)4-25-11-13-14-15-16(11)1-2-26(21,22)23/h6,9H,1-4,12H2,(H,19,20)(H,21,22,23). The lowest BCUT2D eigenvalue weighted by Gasteiger charge is -2.48. The maximum atomic E-state index is 11.9. The summed E-state index contributed by atoms with van der Waals surface area (Å²) in [7, 11) is -4.16. The Hall–Kier alpha value is -1.68. The van der Waals surface area contributed by atoms with Crippen LogP contribution in [0.3, 0.4) is 0 Å². The number of rotatable bonds is 7. The highest BCUT2D eigenvalue weighted by atomic mass is 32.2. The Morgan fingerprint density at radius 2 is 2.19 bits per heavy atom. The number of carboxylic acids is 1. The number of hydrogen-bond acceptors (Lipinski definition) is 10. The molecule has 3 rings (SSSR count). The van der Waals surface area contributed by atoms with Gasteiger partial charge in [0.2, 0.25) is 11.1 Å². The molecule has 142 valence electrons. The number of nitrogens with zero attached hydrogens (tertiary/aromatic N) is 5. The first-order valence-corrected chi connectivity index (χ1v) is 10.8. The molecule has 12 nitrogen and oxygen atoms in total. The van der Waals surface area contributed by atoms with Crippen molar-refractivity contribution < 1.29 is 27.7 Å². The molecular formula is C11H14N6O6S3. The van der Waals surface area contributed by atoms with Crippen LogP contribution in [0.5, 0.6) is 0 Å². The Bertz CT molecular complexity index is 883. The Labute approximate surface area is 155 Å². The fraction of sp³-hybridized carbons (Fsp3) is 0.545. The zero-order valence-corrected chi connectivity index (χ0v) is 15.5. The Morgan fingerprint density at radius 1 is 1.46 bits per heavy atom. The number of carbonyl (C=O) groups excluding carboxylic acids is 1. The van der Waals surface area contributed by atoms with E-state index >= 15 is 0 Å². The second-order valence-electron chi connectivity index (χ2n) is 5.45. The molecule has 0 radical (unpaired) electrons. The molecule has 0 spiro atoms. The molecule has 1 saturated heterocycles. The molecule has 15 heteroatoms. The van der Waals surface area contributed by atoms with Crippen LogP contribution in [0.25, 0.3) is 0 Å². The smallest absolute Gasteiger partial charge is 0.352 e. The van der Waals surface area contributed by atoms with E-state index in [2.05, 4.69) is 15.5 Å². The van der Waals surface area contributed by atoms with Crippen molar-refractivity contribution in [2.45, 2.75) is 23.1 Å². The zero-order valence-electron chi connectivity index (χ0n) is 13.0. The fourth-order valence-electron chi connectivity index (χ4n) is 2.48. The van der Waals surface area contributed by atoms with Gasteiger partial charge in [-0.1, -0.05) is 11.8 Å². The minimum Gasteiger partial charge on any atom is -0.477 e. The molecule has 0 aliphatic carbocycles. The Balaban J connectivity index is 1.74. The van der Waals surface area contributed by atoms with Gasteiger partial charge in [-0.2, -0.15) is 8.42 Å². The van der Waals surface area contributed by atoms with Crippen LogP contribution < -0.4 is 5.73 Å². The number of fused-ring (bicyclic) bond motifs is 1. The Morgan fingerprint density at radius 3 is 2.85 bits per heavy atom. The number of thioether (sulfide) groups is 2. The minimum absolute atomic E-state index is 0.0788. The number of aliphatic carboxylic acids is 1. The van der Waals surface area contributed by atoms with Crippen molar-refractivity contribution in [3.63, 3.8) is 0 Å². The molecule has 2 atom stereocenters. The number of hydrogen-bond donors (Lipinski definition) is 3. The van der Waals surface area contributed by atoms with Crippen LogP contribution in [0.2, 0.25) is 0 Å². The maximum absolute atomic E-state index is 11.9. The van der Waals surface area contributed by atoms with Crippen LogP contribution in [0.4, 0.5) is 0 Å². The monoisotopic (exact) mass is 422 g/mol. The summed E-state index contributed by atoms with van der Waals surface area (Å²) >= 11 is 2.49. The third-order valence-electron chi connectivity index (χ3n) is 3.73. The summed E-state index contributed by atoms with van der Waals surface area (Å²) in [4.78, 5) is 24.7. The molecule has 1 aromatic rings. The van der Waals surface area contributed by atoms with Crippen LogP contribution in [0, 0.1) is 0 Å². The molecule has 0 bridgehead atoms. The molecular weight excluding hydrogens is 408 g/mol. The molecule has 1 aromatic heterocycles. The van der Waals surface area contributed by atoms with Gasteiger partial charge in [-0.3, -0.25) is 14.2 Å². The average molecular weight is 422 g/mol. The van der Waals surface area contributed by atoms with Gasteiger partial charge in [-0.05, 0) is 16.0 Å². The van der Waals surface area contributed by atoms with Gasteiger partial charge >= 0.3 is 5.97 Å². The number of carboxylic acid groups (broad SMARTS) is 1. The molecule has 0 saturated carbocycles. The second-order valence-corrected chi connectivity index (χ2v) is 9.07. The van der Waals surface area contributed by atoms with E-state index in [0.717, 1.165) is 11.8 Å². The van der Waals surface area contributed by atoms with Gasteiger partial charge in [0.1, 0.15) is 17.1 Å². The van der Waals surface area contributed by atoms with Crippen molar-refractivity contribution in [3.8, 4) is 0 Å². The topological polar surface area (TPSA) is 182 Å². The molecule has 0 aromatic carbocycles. The highest BCUT2D eigenvalue weighted by Crippen LogP contribution is 2.40. The predicted octanol–water partition coefficient (Wildman–Crippen LogP) is -1.77. The maximum Gasteiger partial charge on any atom is 0.352 e. The van der Waals surface area contributed by atoms with E-state index in [0.29, 0.717) is 11.3 Å². The summed E-state index contributed by atoms with van der Waals surface area (Å²) in [6.07, 6.45) is 0. The minimum atomic E-state index is -4.16. The normalized spacial score (nSPS) is 23.0. The quantitative estimate of drug-likeness (QED) is 0.256. The van der Waals surface area contributed by atoms with E-state index in [1.54, 1.807) is 0 Å². The van der Waals surface area contributed by atoms with Crippen LogP contribution in [-0.2, 0) is 26.3 Å². The van der Waals surface area contributed by atoms with E-state index in [-0.39, 0.29) is 28.5 Å². The third kappa shape index (κ3) is 3.71. The van der Waals surface area contributed by atoms with Gasteiger partial charge in [0.05, 0.1) is 12.3 Å². The van der Waals surface area contributed by atoms with E-state index in [9.17, 15) is 23.1 Å². The van der Waals surface area contributed by atoms with Crippen molar-refractivity contribution in [3.05, 3.63) is 11.3 Å². The average Bonchev–Trinajstić information content (AvgIpc) is 3.03. The first-order chi connectivity index (χ1) is 12.2. The lowest BCUT2D eigenvalue weighted by atomic mass is 10.0. The summed E-state index contributed by atoms with van der Waals surface area (Å²) in [5, 5.41) is 20.2. The van der Waals surface area contributed by atoms with Crippen LogP contribution in [0.15, 0.2) is 16.4 Å². The summed E-state index contributed by atoms with van der Waals surface area (Å²) in [5.74, 6) is -1.60. The number of β-lactam (4-membered cyclic amide) rings is 1. The number of carbonyl (C=O) groups is 2. The molecule has 1 amide bonds. The van der Waals surface area contributed by atoms with Gasteiger partial charge < -0.3 is 10.8 Å². The first kappa shape index (κ1) is 19.1. The summed E-state index contributed by atoms with van der Waals surface area (Å²) < 4.78 is 31.7. The molecule has 2 aliphatic heterocycles. The SMILES string of the molecule is NC1C(=O)N2C(C(=O)O)=C(CSc3nnnn3CCS(=O)(=O)O)CSC12. The molecule has 2 aliphatic rings. The molecule has 26 heavy (non-hydrogen) atoms. The number of aryl methyl sites for hydroxylation is 1. The molecule has 3 heterocycles. The zero-order chi connectivity index (χ0) is 19.1. The van der Waals surface area contributed by atoms with E-state index in [1.165, 1.54) is 21.3 Å². The van der Waals surface area contributed by atoms with Gasteiger partial charge in [-0.25, -0.2) is 9.48 Å². The Kier molecular flexibility index (Phi) is 5.25. The number of amides is 1. The first-order valence-electron chi connectivity index (χ1n) is 7.18. The van der Waals surface area contributed by atoms with Gasteiger partial charge in [-0.15, -0.1) is 16.9 Å². The van der Waals surface area contributed by atoms with Crippen molar-refractivity contribution in [2.75, 3.05) is 17.3 Å². The van der Waals surface area contributed by atoms with Crippen LogP contribution in [-0.4, -0.2) is 83.7 Å². The van der Waals surface area contributed by atoms with Crippen molar-refractivity contribution in [1.29, 1.82) is 0 Å². The van der Waals surface area contributed by atoms with Gasteiger partial charge in [0.25, 0.3) is 10.1 Å². The highest BCUT2D eigenvalue weighted by Gasteiger charge is 2.51. The van der Waals surface area contributed by atoms with Crippen LogP contribution >= 0.6 is 23.5 Å². The predicted molar refractivity (Wildman–Crippen MR) is 90.7 cm³/mol. The van der Waals surface area contributed by atoms with Crippen molar-refractivity contribution in [1.82, 2.24) is 25.1 Å². The summed E-state index contributed by atoms with van der Waals surface area (Å²) in [6, 6.07) is -0.698. The third-order valence-corrected chi connectivity index (χ3v) is 6.83. The van der Waals surface area contributed by atoms with E-state index < -0.39 is 33.8 Å².